The zero-order chi connectivity index (χ0) is 2.71. The van der Waals surface area contributed by atoms with Crippen LogP contribution in [0.5, 0.6) is 0 Å². The third kappa shape index (κ3) is 11.7. The van der Waals surface area contributed by atoms with Crippen molar-refractivity contribution < 1.29 is 0 Å². The van der Waals surface area contributed by atoms with Gasteiger partial charge in [0.2, 0.25) is 0 Å². The maximum Gasteiger partial charge on any atom is 0 e. The van der Waals surface area contributed by atoms with Gasteiger partial charge in [-0.2, -0.15) is 0 Å². The van der Waals surface area contributed by atoms with Gasteiger partial charge in [-0.1, -0.05) is 0 Å². The molecule has 0 rings (SSSR count). The normalized spacial score (nSPS) is 3.00. The molecule has 0 amide bonds. The summed E-state index contributed by atoms with van der Waals surface area (Å²) < 4.78 is 0. The minimum Gasteiger partial charge on any atom is -0.444 e. The molecule has 0 aromatic carbocycles. The van der Waals surface area contributed by atoms with Crippen molar-refractivity contribution in [3.63, 3.8) is 0 Å². The van der Waals surface area contributed by atoms with Crippen LogP contribution in [0.2, 0.25) is 0 Å². The third-order valence-corrected chi connectivity index (χ3v) is 0. The Morgan fingerprint density at radius 1 is 1.75 bits per heavy atom. The third-order valence-electron chi connectivity index (χ3n) is 0. The first-order valence-corrected chi connectivity index (χ1v) is 0.365. The van der Waals surface area contributed by atoms with Gasteiger partial charge in [0.1, 0.15) is 0 Å². The Balaban J connectivity index is 0. The predicted molar refractivity (Wildman–Crippen MR) is 14.9 cm³/mol. The Kier molecular flexibility index (Phi) is 20.0. The van der Waals surface area contributed by atoms with E-state index in [9.17, 15) is 0 Å². The molecule has 0 spiro atoms. The molecular formula is KNO2-. The summed E-state index contributed by atoms with van der Waals surface area (Å²) in [6, 6.07) is 0. The van der Waals surface area contributed by atoms with E-state index in [4.69, 9.17) is 10.1 Å². The summed E-state index contributed by atoms with van der Waals surface area (Å²) in [6.07, 6.45) is 0. The van der Waals surface area contributed by atoms with Crippen molar-refractivity contribution in [1.82, 2.24) is 0 Å². The van der Waals surface area contributed by atoms with Gasteiger partial charge < -0.3 is 10.1 Å². The molecule has 0 aliphatic heterocycles. The van der Waals surface area contributed by atoms with Gasteiger partial charge in [-0.05, 0) is 0 Å². The van der Waals surface area contributed by atoms with Crippen LogP contribution in [0.4, 0.5) is 0 Å². The standard InChI is InChI=1S/K.HNO2/c;2-1-3/h;(H,2,3)/p-1. The number of rotatable bonds is 0. The fraction of sp³-hybridized carbons (Fsp3) is 0. The molecule has 0 saturated heterocycles. The molecule has 0 aliphatic carbocycles. The van der Waals surface area contributed by atoms with Crippen LogP contribution in [0, 0.1) is 10.1 Å². The number of nitrogens with zero attached hydrogens (tertiary/aromatic N) is 1. The molecule has 0 bridgehead atoms. The summed E-state index contributed by atoms with van der Waals surface area (Å²) in [5, 5.41) is 9.00. The van der Waals surface area contributed by atoms with Crippen LogP contribution in [-0.2, 0) is 0 Å². The van der Waals surface area contributed by atoms with Crippen molar-refractivity contribution >= 4 is 51.4 Å². The molecular weight excluding hydrogens is 85.1 g/mol. The Hall–Kier alpha value is 1.04. The molecule has 19 valence electrons. The fourth-order valence-corrected chi connectivity index (χ4v) is 0. The number of hydrogen-bond acceptors (Lipinski definition) is 3. The molecule has 0 aliphatic rings. The summed E-state index contributed by atoms with van der Waals surface area (Å²) in [4.78, 5) is 8.00. The molecule has 0 aromatic rings. The van der Waals surface area contributed by atoms with Gasteiger partial charge in [-0.25, -0.2) is 0 Å². The predicted octanol–water partition coefficient (Wildman–Crippen LogP) is -0.130. The topological polar surface area (TPSA) is 52.5 Å². The van der Waals surface area contributed by atoms with E-state index in [0.29, 0.717) is 0 Å². The number of hydrogen-bond donors (Lipinski definition) is 0. The summed E-state index contributed by atoms with van der Waals surface area (Å²) in [5.41, 5.74) is 0. The second-order valence-electron chi connectivity index (χ2n) is 0.0745. The van der Waals surface area contributed by atoms with E-state index in [1.165, 1.54) is 0 Å². The van der Waals surface area contributed by atoms with Crippen LogP contribution in [0.25, 0.3) is 0 Å². The zero-order valence-electron chi connectivity index (χ0n) is 2.26. The average Bonchev–Trinajstić information content (AvgIpc) is 0.918. The largest absolute Gasteiger partial charge is 0.444 e. The van der Waals surface area contributed by atoms with E-state index < -0.39 is 0 Å². The van der Waals surface area contributed by atoms with E-state index >= 15 is 0 Å². The Morgan fingerprint density at radius 2 is 1.75 bits per heavy atom. The molecule has 0 heterocycles. The summed E-state index contributed by atoms with van der Waals surface area (Å²) in [5.74, 6) is 0. The van der Waals surface area contributed by atoms with Crippen molar-refractivity contribution in [2.45, 2.75) is 0 Å². The molecule has 0 atom stereocenters. The minimum absolute atomic E-state index is 0. The molecule has 4 heavy (non-hydrogen) atoms. The van der Waals surface area contributed by atoms with Gasteiger partial charge in [0.25, 0.3) is 0 Å². The van der Waals surface area contributed by atoms with Gasteiger partial charge >= 0.3 is 0 Å². The van der Waals surface area contributed by atoms with E-state index in [-0.39, 0.29) is 51.4 Å². The maximum absolute atomic E-state index is 8.00. The van der Waals surface area contributed by atoms with Gasteiger partial charge in [-0.3, -0.25) is 0 Å². The van der Waals surface area contributed by atoms with E-state index in [1.807, 2.05) is 0 Å². The molecule has 0 aromatic heterocycles. The van der Waals surface area contributed by atoms with Crippen LogP contribution in [-0.4, -0.2) is 51.4 Å². The van der Waals surface area contributed by atoms with E-state index in [0.717, 1.165) is 5.34 Å². The van der Waals surface area contributed by atoms with Crippen LogP contribution >= 0.6 is 0 Å². The van der Waals surface area contributed by atoms with Gasteiger partial charge in [-0.15, -0.1) is 5.34 Å². The zero-order valence-corrected chi connectivity index (χ0v) is 5.39. The van der Waals surface area contributed by atoms with Crippen LogP contribution in [0.3, 0.4) is 0 Å². The molecule has 0 saturated carbocycles. The SMILES string of the molecule is O=N[O-].[K]. The first-order valence-electron chi connectivity index (χ1n) is 0.365. The summed E-state index contributed by atoms with van der Waals surface area (Å²) in [7, 11) is 0. The molecule has 0 fully saturated rings. The van der Waals surface area contributed by atoms with Crippen LogP contribution in [0.15, 0.2) is 5.34 Å². The van der Waals surface area contributed by atoms with Crippen molar-refractivity contribution in [3.05, 3.63) is 10.1 Å². The van der Waals surface area contributed by atoms with Crippen molar-refractivity contribution in [3.8, 4) is 0 Å². The summed E-state index contributed by atoms with van der Waals surface area (Å²) in [6.45, 7) is 0. The van der Waals surface area contributed by atoms with Gasteiger partial charge in [0, 0.05) is 51.4 Å². The second kappa shape index (κ2) is 8.97. The monoisotopic (exact) mass is 85.0 g/mol. The quantitative estimate of drug-likeness (QED) is 0.234. The second-order valence-corrected chi connectivity index (χ2v) is 0.0745. The van der Waals surface area contributed by atoms with Crippen molar-refractivity contribution in [2.24, 2.45) is 5.34 Å². The first-order chi connectivity index (χ1) is 1.41. The van der Waals surface area contributed by atoms with Crippen LogP contribution < -0.4 is 0 Å². The van der Waals surface area contributed by atoms with Crippen LogP contribution in [0.1, 0.15) is 0 Å². The molecule has 0 N–H and O–H groups in total. The maximum atomic E-state index is 8.00. The van der Waals surface area contributed by atoms with Gasteiger partial charge in [0.05, 0.1) is 0 Å². The Morgan fingerprint density at radius 3 is 1.75 bits per heavy atom. The smallest absolute Gasteiger partial charge is 0 e. The first kappa shape index (κ1) is 8.90. The summed E-state index contributed by atoms with van der Waals surface area (Å²) >= 11 is 0. The fourth-order valence-electron chi connectivity index (χ4n) is 0. The molecule has 4 heteroatoms. The van der Waals surface area contributed by atoms with Gasteiger partial charge in [0.15, 0.2) is 0 Å². The molecule has 3 nitrogen and oxygen atoms in total. The van der Waals surface area contributed by atoms with Crippen molar-refractivity contribution in [2.75, 3.05) is 0 Å². The average molecular weight is 85.1 g/mol. The van der Waals surface area contributed by atoms with E-state index in [2.05, 4.69) is 0 Å². The Bertz CT molecular complexity index is 13.5. The Labute approximate surface area is 65.7 Å². The van der Waals surface area contributed by atoms with E-state index in [1.54, 1.807) is 0 Å². The molecule has 0 unspecified atom stereocenters. The minimum atomic E-state index is 0. The van der Waals surface area contributed by atoms with Crippen molar-refractivity contribution in [1.29, 1.82) is 0 Å². The molecule has 1 radical (unpaired) electrons.